The zero-order chi connectivity index (χ0) is 13.9. The molecule has 1 aromatic heterocycles. The molecule has 0 aromatic carbocycles. The highest BCUT2D eigenvalue weighted by atomic mass is 16.4. The fourth-order valence-electron chi connectivity index (χ4n) is 5.74. The van der Waals surface area contributed by atoms with Crippen molar-refractivity contribution in [3.8, 4) is 0 Å². The van der Waals surface area contributed by atoms with Crippen molar-refractivity contribution in [3.05, 3.63) is 18.2 Å². The van der Waals surface area contributed by atoms with E-state index in [1.165, 1.54) is 38.3 Å². The molecule has 1 aromatic rings. The number of carbonyl (C=O) groups is 1. The molecule has 0 amide bonds. The van der Waals surface area contributed by atoms with E-state index in [1.54, 1.807) is 6.33 Å². The number of nitrogens with zero attached hydrogens (tertiary/aromatic N) is 2. The number of carboxylic acids is 1. The van der Waals surface area contributed by atoms with Gasteiger partial charge in [-0.3, -0.25) is 0 Å². The second-order valence-corrected chi connectivity index (χ2v) is 7.24. The van der Waals surface area contributed by atoms with Gasteiger partial charge < -0.3 is 9.67 Å². The first kappa shape index (κ1) is 12.4. The van der Waals surface area contributed by atoms with Gasteiger partial charge in [-0.2, -0.15) is 0 Å². The van der Waals surface area contributed by atoms with Crippen LogP contribution in [0.3, 0.4) is 0 Å². The molecule has 4 bridgehead atoms. The van der Waals surface area contributed by atoms with E-state index >= 15 is 0 Å². The van der Waals surface area contributed by atoms with Crippen molar-refractivity contribution in [2.45, 2.75) is 45.1 Å². The van der Waals surface area contributed by atoms with Gasteiger partial charge in [0.15, 0.2) is 0 Å². The van der Waals surface area contributed by atoms with E-state index in [0.717, 1.165) is 23.7 Å². The third-order valence-corrected chi connectivity index (χ3v) is 6.18. The highest BCUT2D eigenvalue weighted by molar-refractivity contribution is 5.85. The Morgan fingerprint density at radius 1 is 1.25 bits per heavy atom. The number of hydrogen-bond acceptors (Lipinski definition) is 2. The normalized spacial score (nSPS) is 40.0. The van der Waals surface area contributed by atoms with Gasteiger partial charge in [-0.05, 0) is 68.6 Å². The van der Waals surface area contributed by atoms with E-state index in [2.05, 4.69) is 11.9 Å². The van der Waals surface area contributed by atoms with Gasteiger partial charge in [0.2, 0.25) is 0 Å². The molecule has 4 fully saturated rings. The van der Waals surface area contributed by atoms with Gasteiger partial charge in [0.1, 0.15) is 5.69 Å². The van der Waals surface area contributed by atoms with E-state index in [9.17, 15) is 9.90 Å². The highest BCUT2D eigenvalue weighted by Crippen LogP contribution is 2.59. The van der Waals surface area contributed by atoms with Gasteiger partial charge in [0.05, 0.1) is 12.5 Å². The molecule has 1 atom stereocenters. The molecule has 4 nitrogen and oxygen atoms in total. The van der Waals surface area contributed by atoms with E-state index in [4.69, 9.17) is 0 Å². The minimum atomic E-state index is -0.863. The van der Waals surface area contributed by atoms with Crippen molar-refractivity contribution in [1.82, 2.24) is 9.55 Å². The quantitative estimate of drug-likeness (QED) is 0.920. The first-order chi connectivity index (χ1) is 9.63. The molecule has 1 N–H and O–H groups in total. The van der Waals surface area contributed by atoms with Crippen LogP contribution in [-0.4, -0.2) is 20.6 Å². The monoisotopic (exact) mass is 274 g/mol. The van der Waals surface area contributed by atoms with Gasteiger partial charge in [-0.15, -0.1) is 0 Å². The summed E-state index contributed by atoms with van der Waals surface area (Å²) in [5.41, 5.74) is 0.339. The molecule has 20 heavy (non-hydrogen) atoms. The second-order valence-electron chi connectivity index (χ2n) is 7.24. The summed E-state index contributed by atoms with van der Waals surface area (Å²) in [6, 6.07) is 0.263. The van der Waals surface area contributed by atoms with Crippen LogP contribution in [0.1, 0.15) is 55.6 Å². The van der Waals surface area contributed by atoms with Gasteiger partial charge in [0, 0.05) is 6.04 Å². The van der Waals surface area contributed by atoms with Crippen LogP contribution in [0.2, 0.25) is 0 Å². The van der Waals surface area contributed by atoms with Crippen LogP contribution in [0.4, 0.5) is 0 Å². The Morgan fingerprint density at radius 2 is 1.85 bits per heavy atom. The Balaban J connectivity index is 1.64. The Hall–Kier alpha value is -1.32. The van der Waals surface area contributed by atoms with Gasteiger partial charge in [0.25, 0.3) is 0 Å². The maximum atomic E-state index is 11.3. The number of aromatic carboxylic acids is 1. The third-order valence-electron chi connectivity index (χ3n) is 6.18. The van der Waals surface area contributed by atoms with Crippen LogP contribution in [0.25, 0.3) is 0 Å². The zero-order valence-electron chi connectivity index (χ0n) is 11.9. The number of rotatable bonds is 3. The second kappa shape index (κ2) is 4.34. The molecule has 4 aliphatic rings. The topological polar surface area (TPSA) is 55.1 Å². The van der Waals surface area contributed by atoms with E-state index in [0.29, 0.717) is 11.6 Å². The van der Waals surface area contributed by atoms with E-state index < -0.39 is 5.97 Å². The van der Waals surface area contributed by atoms with Crippen molar-refractivity contribution in [2.24, 2.45) is 29.6 Å². The van der Waals surface area contributed by atoms with Crippen LogP contribution in [0.15, 0.2) is 12.5 Å². The predicted octanol–water partition coefficient (Wildman–Crippen LogP) is 3.21. The molecule has 0 saturated heterocycles. The minimum absolute atomic E-state index is 0.263. The van der Waals surface area contributed by atoms with Crippen molar-refractivity contribution >= 4 is 5.97 Å². The first-order valence-corrected chi connectivity index (χ1v) is 7.88. The van der Waals surface area contributed by atoms with Gasteiger partial charge in [-0.25, -0.2) is 9.78 Å². The van der Waals surface area contributed by atoms with E-state index in [1.807, 2.05) is 4.57 Å². The highest BCUT2D eigenvalue weighted by Gasteiger charge is 2.50. The Morgan fingerprint density at radius 3 is 2.40 bits per heavy atom. The Bertz CT molecular complexity index is 508. The zero-order valence-corrected chi connectivity index (χ0v) is 11.9. The third kappa shape index (κ3) is 1.73. The number of hydrogen-bond donors (Lipinski definition) is 1. The molecule has 4 aliphatic carbocycles. The molecule has 5 rings (SSSR count). The van der Waals surface area contributed by atoms with Gasteiger partial charge >= 0.3 is 5.97 Å². The lowest BCUT2D eigenvalue weighted by Gasteiger charge is -2.56. The lowest BCUT2D eigenvalue weighted by atomic mass is 9.50. The lowest BCUT2D eigenvalue weighted by molar-refractivity contribution is -0.0557. The van der Waals surface area contributed by atoms with Crippen LogP contribution in [0.5, 0.6) is 0 Å². The summed E-state index contributed by atoms with van der Waals surface area (Å²) < 4.78 is 1.90. The number of carboxylic acid groups (broad SMARTS) is 1. The smallest absolute Gasteiger partial charge is 0.354 e. The first-order valence-electron chi connectivity index (χ1n) is 7.88. The fourth-order valence-corrected chi connectivity index (χ4v) is 5.74. The lowest BCUT2D eigenvalue weighted by Crippen LogP contribution is -2.47. The van der Waals surface area contributed by atoms with Crippen LogP contribution in [0, 0.1) is 29.6 Å². The molecule has 0 radical (unpaired) electrons. The maximum Gasteiger partial charge on any atom is 0.354 e. The molecule has 4 heteroatoms. The largest absolute Gasteiger partial charge is 0.477 e. The van der Waals surface area contributed by atoms with Crippen LogP contribution < -0.4 is 0 Å². The summed E-state index contributed by atoms with van der Waals surface area (Å²) >= 11 is 0. The molecule has 0 spiro atoms. The summed E-state index contributed by atoms with van der Waals surface area (Å²) in [6.45, 7) is 2.20. The number of aromatic nitrogens is 2. The average molecular weight is 274 g/mol. The Labute approximate surface area is 119 Å². The van der Waals surface area contributed by atoms with Crippen molar-refractivity contribution < 1.29 is 9.90 Å². The van der Waals surface area contributed by atoms with E-state index in [-0.39, 0.29) is 6.04 Å². The molecule has 1 unspecified atom stereocenters. The van der Waals surface area contributed by atoms with Crippen molar-refractivity contribution in [3.63, 3.8) is 0 Å². The molecule has 108 valence electrons. The van der Waals surface area contributed by atoms with Crippen LogP contribution >= 0.6 is 0 Å². The Kier molecular flexibility index (Phi) is 2.69. The molecule has 0 aliphatic heterocycles. The summed E-state index contributed by atoms with van der Waals surface area (Å²) in [4.78, 5) is 15.4. The average Bonchev–Trinajstić information content (AvgIpc) is 2.86. The van der Waals surface area contributed by atoms with Crippen molar-refractivity contribution in [2.75, 3.05) is 0 Å². The summed E-state index contributed by atoms with van der Waals surface area (Å²) in [6.07, 6.45) is 10.1. The fraction of sp³-hybridized carbons (Fsp3) is 0.750. The summed E-state index contributed by atoms with van der Waals surface area (Å²) in [5.74, 6) is 3.33. The molecular formula is C16H22N2O2. The molecule has 1 heterocycles. The maximum absolute atomic E-state index is 11.3. The molecular weight excluding hydrogens is 252 g/mol. The predicted molar refractivity (Wildman–Crippen MR) is 74.4 cm³/mol. The SMILES string of the molecule is CC(C1C2CC3CC(C2)CC1C3)n1cncc1C(=O)O. The number of imidazole rings is 1. The summed E-state index contributed by atoms with van der Waals surface area (Å²) in [5, 5.41) is 9.29. The van der Waals surface area contributed by atoms with Gasteiger partial charge in [-0.1, -0.05) is 0 Å². The summed E-state index contributed by atoms with van der Waals surface area (Å²) in [7, 11) is 0. The minimum Gasteiger partial charge on any atom is -0.477 e. The standard InChI is InChI=1S/C16H22N2O2/c1-9(18-8-17-7-14(18)16(19)20)15-12-3-10-2-11(5-12)6-13(15)4-10/h7-13,15H,2-6H2,1H3,(H,19,20). The van der Waals surface area contributed by atoms with Crippen LogP contribution in [-0.2, 0) is 0 Å². The van der Waals surface area contributed by atoms with Crippen molar-refractivity contribution in [1.29, 1.82) is 0 Å². The molecule has 4 saturated carbocycles.